The highest BCUT2D eigenvalue weighted by atomic mass is 79.9. The van der Waals surface area contributed by atoms with Gasteiger partial charge in [0.1, 0.15) is 10.9 Å². The molecule has 0 saturated heterocycles. The highest BCUT2D eigenvalue weighted by Gasteiger charge is 2.24. The van der Waals surface area contributed by atoms with Crippen molar-refractivity contribution in [1.82, 2.24) is 4.98 Å². The first-order valence-corrected chi connectivity index (χ1v) is 7.20. The number of nitrogens with one attached hydrogen (secondary N) is 1. The van der Waals surface area contributed by atoms with Crippen LogP contribution in [0.1, 0.15) is 23.6 Å². The Kier molecular flexibility index (Phi) is 3.37. The first-order chi connectivity index (χ1) is 9.15. The van der Waals surface area contributed by atoms with Crippen LogP contribution in [0.2, 0.25) is 5.15 Å². The number of hydrogen-bond donors (Lipinski definition) is 2. The number of halogens is 2. The van der Waals surface area contributed by atoms with Crippen molar-refractivity contribution >= 4 is 33.2 Å². The minimum absolute atomic E-state index is 0.206. The molecule has 0 amide bonds. The van der Waals surface area contributed by atoms with E-state index in [0.29, 0.717) is 10.9 Å². The van der Waals surface area contributed by atoms with Gasteiger partial charge in [-0.3, -0.25) is 0 Å². The quantitative estimate of drug-likeness (QED) is 0.802. The van der Waals surface area contributed by atoms with E-state index in [0.717, 1.165) is 34.1 Å². The maximum absolute atomic E-state index is 9.83. The zero-order valence-electron chi connectivity index (χ0n) is 10.0. The lowest BCUT2D eigenvalue weighted by Crippen LogP contribution is -2.07. The van der Waals surface area contributed by atoms with Gasteiger partial charge in [0.2, 0.25) is 0 Å². The minimum atomic E-state index is 0.206. The first kappa shape index (κ1) is 12.8. The molecular formula is C14H12BrClN2O. The molecule has 1 unspecified atom stereocenters. The Hall–Kier alpha value is -1.26. The van der Waals surface area contributed by atoms with Crippen LogP contribution >= 0.6 is 27.5 Å². The van der Waals surface area contributed by atoms with Crippen molar-refractivity contribution in [3.05, 3.63) is 51.2 Å². The summed E-state index contributed by atoms with van der Waals surface area (Å²) >= 11 is 9.24. The molecule has 3 nitrogen and oxygen atoms in total. The standard InChI is InChI=1S/C14H12BrClN2O/c15-11-6-8(7-17-14(11)16)18-12-5-4-10-9(12)2-1-3-13(10)19/h1-3,6-7,12,18-19H,4-5H2. The number of anilines is 1. The molecule has 0 spiro atoms. The smallest absolute Gasteiger partial charge is 0.143 e. The Morgan fingerprint density at radius 1 is 1.42 bits per heavy atom. The molecule has 1 heterocycles. The molecule has 1 aliphatic carbocycles. The molecule has 19 heavy (non-hydrogen) atoms. The lowest BCUT2D eigenvalue weighted by atomic mass is 10.1. The van der Waals surface area contributed by atoms with E-state index in [1.807, 2.05) is 12.1 Å². The molecule has 1 aliphatic rings. The largest absolute Gasteiger partial charge is 0.508 e. The molecule has 0 bridgehead atoms. The third-order valence-corrected chi connectivity index (χ3v) is 4.52. The molecule has 98 valence electrons. The van der Waals surface area contributed by atoms with E-state index < -0.39 is 0 Å². The third-order valence-electron chi connectivity index (χ3n) is 3.38. The van der Waals surface area contributed by atoms with E-state index in [1.54, 1.807) is 12.3 Å². The Labute approximate surface area is 124 Å². The van der Waals surface area contributed by atoms with Gasteiger partial charge in [-0.05, 0) is 52.0 Å². The van der Waals surface area contributed by atoms with E-state index >= 15 is 0 Å². The van der Waals surface area contributed by atoms with Crippen LogP contribution in [0.3, 0.4) is 0 Å². The van der Waals surface area contributed by atoms with Gasteiger partial charge in [0.05, 0.1) is 22.4 Å². The molecule has 3 rings (SSSR count). The number of nitrogens with zero attached hydrogens (tertiary/aromatic N) is 1. The SMILES string of the molecule is Oc1cccc2c1CCC2Nc1cnc(Cl)c(Br)c1. The number of benzene rings is 1. The summed E-state index contributed by atoms with van der Waals surface area (Å²) in [4.78, 5) is 4.10. The van der Waals surface area contributed by atoms with E-state index in [-0.39, 0.29) is 6.04 Å². The summed E-state index contributed by atoms with van der Waals surface area (Å²) in [5.41, 5.74) is 3.12. The zero-order valence-corrected chi connectivity index (χ0v) is 12.4. The van der Waals surface area contributed by atoms with Crippen LogP contribution in [0.5, 0.6) is 5.75 Å². The summed E-state index contributed by atoms with van der Waals surface area (Å²) in [6, 6.07) is 7.79. The Balaban J connectivity index is 1.86. The molecular weight excluding hydrogens is 328 g/mol. The van der Waals surface area contributed by atoms with Crippen LogP contribution in [0, 0.1) is 0 Å². The lowest BCUT2D eigenvalue weighted by Gasteiger charge is -2.15. The summed E-state index contributed by atoms with van der Waals surface area (Å²) in [7, 11) is 0. The van der Waals surface area contributed by atoms with Gasteiger partial charge in [-0.15, -0.1) is 0 Å². The van der Waals surface area contributed by atoms with Gasteiger partial charge in [-0.2, -0.15) is 0 Å². The van der Waals surface area contributed by atoms with Gasteiger partial charge in [0.25, 0.3) is 0 Å². The average Bonchev–Trinajstić information content (AvgIpc) is 2.79. The minimum Gasteiger partial charge on any atom is -0.508 e. The molecule has 0 fully saturated rings. The second-order valence-electron chi connectivity index (χ2n) is 4.58. The molecule has 2 N–H and O–H groups in total. The number of aromatic hydroxyl groups is 1. The van der Waals surface area contributed by atoms with Crippen molar-refractivity contribution < 1.29 is 5.11 Å². The zero-order chi connectivity index (χ0) is 13.4. The molecule has 5 heteroatoms. The highest BCUT2D eigenvalue weighted by Crippen LogP contribution is 2.38. The van der Waals surface area contributed by atoms with Gasteiger partial charge in [0.15, 0.2) is 0 Å². The number of pyridine rings is 1. The summed E-state index contributed by atoms with van der Waals surface area (Å²) in [5, 5.41) is 13.7. The maximum atomic E-state index is 9.83. The predicted molar refractivity (Wildman–Crippen MR) is 79.7 cm³/mol. The second-order valence-corrected chi connectivity index (χ2v) is 5.79. The number of aromatic nitrogens is 1. The van der Waals surface area contributed by atoms with Crippen molar-refractivity contribution in [2.45, 2.75) is 18.9 Å². The van der Waals surface area contributed by atoms with Crippen LogP contribution in [-0.4, -0.2) is 10.1 Å². The van der Waals surface area contributed by atoms with Crippen molar-refractivity contribution in [3.63, 3.8) is 0 Å². The van der Waals surface area contributed by atoms with Gasteiger partial charge >= 0.3 is 0 Å². The monoisotopic (exact) mass is 338 g/mol. The topological polar surface area (TPSA) is 45.1 Å². The predicted octanol–water partition coefficient (Wildman–Crippen LogP) is 4.30. The summed E-state index contributed by atoms with van der Waals surface area (Å²) < 4.78 is 0.772. The number of fused-ring (bicyclic) bond motifs is 1. The average molecular weight is 340 g/mol. The first-order valence-electron chi connectivity index (χ1n) is 6.03. The number of phenolic OH excluding ortho intramolecular Hbond substituents is 1. The third kappa shape index (κ3) is 2.42. The Morgan fingerprint density at radius 3 is 3.05 bits per heavy atom. The fourth-order valence-corrected chi connectivity index (χ4v) is 2.94. The van der Waals surface area contributed by atoms with Gasteiger partial charge in [-0.1, -0.05) is 23.7 Å². The van der Waals surface area contributed by atoms with Crippen LogP contribution < -0.4 is 5.32 Å². The van der Waals surface area contributed by atoms with E-state index in [2.05, 4.69) is 32.3 Å². The number of hydrogen-bond acceptors (Lipinski definition) is 3. The summed E-state index contributed by atoms with van der Waals surface area (Å²) in [6.45, 7) is 0. The van der Waals surface area contributed by atoms with Crippen molar-refractivity contribution in [3.8, 4) is 5.75 Å². The van der Waals surface area contributed by atoms with Gasteiger partial charge in [-0.25, -0.2) is 4.98 Å². The summed E-state index contributed by atoms with van der Waals surface area (Å²) in [6.07, 6.45) is 3.57. The molecule has 1 aromatic carbocycles. The Bertz CT molecular complexity index is 633. The van der Waals surface area contributed by atoms with Crippen molar-refractivity contribution in [2.24, 2.45) is 0 Å². The van der Waals surface area contributed by atoms with E-state index in [4.69, 9.17) is 11.6 Å². The van der Waals surface area contributed by atoms with E-state index in [1.165, 1.54) is 0 Å². The lowest BCUT2D eigenvalue weighted by molar-refractivity contribution is 0.469. The molecule has 0 radical (unpaired) electrons. The van der Waals surface area contributed by atoms with Crippen LogP contribution in [0.25, 0.3) is 0 Å². The Morgan fingerprint density at radius 2 is 2.26 bits per heavy atom. The number of phenols is 1. The normalized spacial score (nSPS) is 17.3. The molecule has 2 aromatic rings. The fourth-order valence-electron chi connectivity index (χ4n) is 2.49. The molecule has 0 saturated carbocycles. The highest BCUT2D eigenvalue weighted by molar-refractivity contribution is 9.10. The van der Waals surface area contributed by atoms with Crippen LogP contribution in [-0.2, 0) is 6.42 Å². The van der Waals surface area contributed by atoms with Crippen molar-refractivity contribution in [2.75, 3.05) is 5.32 Å². The molecule has 1 atom stereocenters. The molecule has 1 aromatic heterocycles. The van der Waals surface area contributed by atoms with Gasteiger partial charge < -0.3 is 10.4 Å². The van der Waals surface area contributed by atoms with Crippen LogP contribution in [0.4, 0.5) is 5.69 Å². The summed E-state index contributed by atoms with van der Waals surface area (Å²) in [5.74, 6) is 0.386. The molecule has 0 aliphatic heterocycles. The van der Waals surface area contributed by atoms with Crippen LogP contribution in [0.15, 0.2) is 34.9 Å². The van der Waals surface area contributed by atoms with E-state index in [9.17, 15) is 5.11 Å². The fraction of sp³-hybridized carbons (Fsp3) is 0.214. The van der Waals surface area contributed by atoms with Crippen molar-refractivity contribution in [1.29, 1.82) is 0 Å². The maximum Gasteiger partial charge on any atom is 0.143 e. The second kappa shape index (κ2) is 5.02. The van der Waals surface area contributed by atoms with Gasteiger partial charge in [0, 0.05) is 0 Å². The number of rotatable bonds is 2.